The number of sulfonamides is 1. The molecule has 5 unspecified atom stereocenters. The Morgan fingerprint density at radius 2 is 1.85 bits per heavy atom. The van der Waals surface area contributed by atoms with Crippen LogP contribution in [0.4, 0.5) is 0 Å². The quantitative estimate of drug-likeness (QED) is 0.538. The lowest BCUT2D eigenvalue weighted by Gasteiger charge is -2.42. The van der Waals surface area contributed by atoms with E-state index in [1.165, 1.54) is 0 Å². The Bertz CT molecular complexity index is 912. The van der Waals surface area contributed by atoms with E-state index < -0.39 is 32.4 Å². The number of fused-ring (bicyclic) bond motifs is 3. The Labute approximate surface area is 207 Å². The number of carbonyl (C=O) groups is 2. The van der Waals surface area contributed by atoms with E-state index in [0.29, 0.717) is 25.8 Å². The molecule has 8 nitrogen and oxygen atoms in total. The van der Waals surface area contributed by atoms with Crippen LogP contribution < -0.4 is 4.72 Å². The maximum absolute atomic E-state index is 13.8. The van der Waals surface area contributed by atoms with Crippen molar-refractivity contribution in [3.8, 4) is 0 Å². The Hall–Kier alpha value is -0.840. The van der Waals surface area contributed by atoms with Crippen LogP contribution in [0.1, 0.15) is 58.8 Å². The maximum Gasteiger partial charge on any atom is 0.320 e. The van der Waals surface area contributed by atoms with Gasteiger partial charge >= 0.3 is 11.9 Å². The third-order valence-electron chi connectivity index (χ3n) is 9.27. The minimum atomic E-state index is -3.53. The molecule has 0 aromatic rings. The minimum Gasteiger partial charge on any atom is -0.460 e. The fourth-order valence-electron chi connectivity index (χ4n) is 7.38. The van der Waals surface area contributed by atoms with E-state index in [2.05, 4.69) is 23.5 Å². The number of hydrogen-bond donors (Lipinski definition) is 1. The third-order valence-corrected chi connectivity index (χ3v) is 12.5. The van der Waals surface area contributed by atoms with Gasteiger partial charge in [0.2, 0.25) is 10.0 Å². The van der Waals surface area contributed by atoms with Gasteiger partial charge in [-0.05, 0) is 62.7 Å². The number of hydrogen-bond acceptors (Lipinski definition) is 8. The van der Waals surface area contributed by atoms with Gasteiger partial charge in [-0.15, -0.1) is 0 Å². The van der Waals surface area contributed by atoms with Crippen molar-refractivity contribution in [3.63, 3.8) is 0 Å². The van der Waals surface area contributed by atoms with Crippen LogP contribution in [0.5, 0.6) is 0 Å². The number of nitrogens with zero attached hydrogens (tertiary/aromatic N) is 1. The predicted molar refractivity (Wildman–Crippen MR) is 130 cm³/mol. The standard InChI is InChI=1S/C24H38N2O6S2/c1-16(2)23(5-3-4-6-23)32-22(28)20-18-13-17(14-24(18)7-8-25-34(24,29)30)21(20)31-19(27)15-26-9-11-33-12-10-26/h16-18,20-21,25H,3-15H2,1-2H3. The summed E-state index contributed by atoms with van der Waals surface area (Å²) in [6, 6.07) is 0. The van der Waals surface area contributed by atoms with Gasteiger partial charge in [-0.2, -0.15) is 11.8 Å². The van der Waals surface area contributed by atoms with E-state index in [9.17, 15) is 18.0 Å². The van der Waals surface area contributed by atoms with Crippen LogP contribution in [0.2, 0.25) is 0 Å². The van der Waals surface area contributed by atoms with Gasteiger partial charge in [0.05, 0.1) is 17.2 Å². The second kappa shape index (κ2) is 9.23. The first-order valence-electron chi connectivity index (χ1n) is 12.9. The molecule has 1 spiro atoms. The lowest BCUT2D eigenvalue weighted by atomic mass is 9.76. The smallest absolute Gasteiger partial charge is 0.320 e. The molecule has 0 aromatic heterocycles. The van der Waals surface area contributed by atoms with Gasteiger partial charge in [0.15, 0.2) is 0 Å². The van der Waals surface area contributed by atoms with Gasteiger partial charge in [0.25, 0.3) is 0 Å². The molecular formula is C24H38N2O6S2. The zero-order valence-corrected chi connectivity index (χ0v) is 21.9. The lowest BCUT2D eigenvalue weighted by Crippen LogP contribution is -2.54. The average Bonchev–Trinajstić information content (AvgIpc) is 3.54. The monoisotopic (exact) mass is 514 g/mol. The van der Waals surface area contributed by atoms with Crippen LogP contribution >= 0.6 is 11.8 Å². The summed E-state index contributed by atoms with van der Waals surface area (Å²) in [5.74, 6) is 0.283. The normalized spacial score (nSPS) is 38.6. The van der Waals surface area contributed by atoms with E-state index in [-0.39, 0.29) is 36.2 Å². The highest BCUT2D eigenvalue weighted by Crippen LogP contribution is 2.61. The van der Waals surface area contributed by atoms with Crippen molar-refractivity contribution in [1.82, 2.24) is 9.62 Å². The van der Waals surface area contributed by atoms with E-state index in [4.69, 9.17) is 9.47 Å². The molecule has 1 N–H and O–H groups in total. The largest absolute Gasteiger partial charge is 0.460 e. The molecule has 10 heteroatoms. The zero-order valence-electron chi connectivity index (χ0n) is 20.3. The second-order valence-corrected chi connectivity index (χ2v) is 14.6. The summed E-state index contributed by atoms with van der Waals surface area (Å²) in [4.78, 5) is 28.8. The van der Waals surface area contributed by atoms with Crippen molar-refractivity contribution < 1.29 is 27.5 Å². The summed E-state index contributed by atoms with van der Waals surface area (Å²) in [5.41, 5.74) is -0.501. The predicted octanol–water partition coefficient (Wildman–Crippen LogP) is 2.18. The zero-order chi connectivity index (χ0) is 24.1. The highest BCUT2D eigenvalue weighted by Gasteiger charge is 2.70. The van der Waals surface area contributed by atoms with Crippen LogP contribution in [0, 0.1) is 23.7 Å². The van der Waals surface area contributed by atoms with Crippen molar-refractivity contribution in [2.24, 2.45) is 23.7 Å². The van der Waals surface area contributed by atoms with Crippen LogP contribution in [-0.2, 0) is 29.1 Å². The SMILES string of the molecule is CC(C)C1(OC(=O)C2C(OC(=O)CN3CCSCC3)C3CC2C2(CCNS2(=O)=O)C3)CCCC1. The van der Waals surface area contributed by atoms with Gasteiger partial charge in [0, 0.05) is 31.1 Å². The molecule has 5 atom stereocenters. The summed E-state index contributed by atoms with van der Waals surface area (Å²) in [6.07, 6.45) is 4.66. The molecule has 0 amide bonds. The molecule has 3 aliphatic carbocycles. The molecule has 5 fully saturated rings. The number of carbonyl (C=O) groups excluding carboxylic acids is 2. The van der Waals surface area contributed by atoms with Gasteiger partial charge in [-0.25, -0.2) is 13.1 Å². The molecule has 192 valence electrons. The first-order chi connectivity index (χ1) is 16.2. The number of thioether (sulfide) groups is 1. The summed E-state index contributed by atoms with van der Waals surface area (Å²) >= 11 is 1.88. The number of nitrogens with one attached hydrogen (secondary N) is 1. The highest BCUT2D eigenvalue weighted by molar-refractivity contribution is 7.99. The fourth-order valence-corrected chi connectivity index (χ4v) is 10.5. The topological polar surface area (TPSA) is 102 Å². The Kier molecular flexibility index (Phi) is 6.74. The summed E-state index contributed by atoms with van der Waals surface area (Å²) < 4.78 is 40.2. The molecule has 34 heavy (non-hydrogen) atoms. The Morgan fingerprint density at radius 3 is 2.47 bits per heavy atom. The summed E-state index contributed by atoms with van der Waals surface area (Å²) in [5, 5.41) is 0. The molecule has 2 heterocycles. The number of rotatable bonds is 6. The first kappa shape index (κ1) is 24.8. The molecule has 2 saturated heterocycles. The Morgan fingerprint density at radius 1 is 1.15 bits per heavy atom. The molecule has 2 aliphatic heterocycles. The van der Waals surface area contributed by atoms with Crippen molar-refractivity contribution in [2.75, 3.05) is 37.7 Å². The van der Waals surface area contributed by atoms with Crippen molar-refractivity contribution in [1.29, 1.82) is 0 Å². The molecular weight excluding hydrogens is 476 g/mol. The van der Waals surface area contributed by atoms with E-state index >= 15 is 0 Å². The molecule has 2 bridgehead atoms. The molecule has 5 aliphatic rings. The number of ether oxygens (including phenoxy) is 2. The van der Waals surface area contributed by atoms with Crippen molar-refractivity contribution in [3.05, 3.63) is 0 Å². The molecule has 0 radical (unpaired) electrons. The lowest BCUT2D eigenvalue weighted by molar-refractivity contribution is -0.181. The first-order valence-corrected chi connectivity index (χ1v) is 15.5. The van der Waals surface area contributed by atoms with E-state index in [0.717, 1.165) is 50.3 Å². The highest BCUT2D eigenvalue weighted by atomic mass is 32.2. The molecule has 3 saturated carbocycles. The summed E-state index contributed by atoms with van der Waals surface area (Å²) in [6.45, 7) is 6.50. The van der Waals surface area contributed by atoms with E-state index in [1.54, 1.807) is 0 Å². The number of esters is 2. The van der Waals surface area contributed by atoms with Crippen LogP contribution in [0.3, 0.4) is 0 Å². The molecule has 5 rings (SSSR count). The van der Waals surface area contributed by atoms with Gasteiger partial charge in [0.1, 0.15) is 11.7 Å². The maximum atomic E-state index is 13.8. The van der Waals surface area contributed by atoms with Crippen molar-refractivity contribution >= 4 is 33.7 Å². The summed E-state index contributed by atoms with van der Waals surface area (Å²) in [7, 11) is -3.53. The second-order valence-electron chi connectivity index (χ2n) is 11.2. The van der Waals surface area contributed by atoms with Gasteiger partial charge < -0.3 is 9.47 Å². The van der Waals surface area contributed by atoms with Crippen molar-refractivity contribution in [2.45, 2.75) is 75.2 Å². The van der Waals surface area contributed by atoms with Crippen LogP contribution in [0.25, 0.3) is 0 Å². The van der Waals surface area contributed by atoms with Gasteiger partial charge in [-0.1, -0.05) is 13.8 Å². The minimum absolute atomic E-state index is 0.128. The van der Waals surface area contributed by atoms with Gasteiger partial charge in [-0.3, -0.25) is 14.5 Å². The van der Waals surface area contributed by atoms with E-state index in [1.807, 2.05) is 11.8 Å². The third kappa shape index (κ3) is 4.10. The van der Waals surface area contributed by atoms with Crippen LogP contribution in [-0.4, -0.2) is 79.4 Å². The Balaban J connectivity index is 1.38. The average molecular weight is 515 g/mol. The van der Waals surface area contributed by atoms with Crippen LogP contribution in [0.15, 0.2) is 0 Å². The fraction of sp³-hybridized carbons (Fsp3) is 0.917. The molecule has 0 aromatic carbocycles.